The number of hydrogen-bond acceptors (Lipinski definition) is 0. The fourth-order valence-corrected chi connectivity index (χ4v) is 9.65. The lowest BCUT2D eigenvalue weighted by molar-refractivity contribution is 1.61. The SMILES string of the molecule is c1cc(-c2ccc3c(-c4ccc5c(ccc6ccccc65)c4)c4cc(-c5cccc(-c6cccc7ccccc67)c5)ccc4cc3c2)cc(-c2cccc3ccccc23)c1. The minimum absolute atomic E-state index is 1.21. The van der Waals surface area contributed by atoms with Gasteiger partial charge in [0.1, 0.15) is 0 Å². The van der Waals surface area contributed by atoms with Crippen LogP contribution in [-0.2, 0) is 0 Å². The summed E-state index contributed by atoms with van der Waals surface area (Å²) in [6.45, 7) is 0. The highest BCUT2D eigenvalue weighted by atomic mass is 14.2. The summed E-state index contributed by atoms with van der Waals surface area (Å²) in [5, 5.41) is 15.1. The Bertz CT molecular complexity index is 3650. The van der Waals surface area contributed by atoms with Gasteiger partial charge in [-0.3, -0.25) is 0 Å². The van der Waals surface area contributed by atoms with Crippen LogP contribution in [0.15, 0.2) is 231 Å². The molecule has 12 aromatic carbocycles. The molecular weight excluding hydrogens is 721 g/mol. The largest absolute Gasteiger partial charge is 0.0616 e. The standard InChI is InChI=1S/C60H38/c1-4-20-52-39(11-1)14-9-23-55(52)46-18-7-16-42(33-46)44-29-32-58-51(35-44)37-49-28-26-45(43-17-8-19-47(34-43)56-24-10-15-40-12-2-5-21-53(40)56)38-59(49)60(58)50-30-31-57-48(36-50)27-25-41-13-3-6-22-54(41)57/h1-38H. The molecule has 60 heavy (non-hydrogen) atoms. The Balaban J connectivity index is 1.04. The molecule has 0 saturated carbocycles. The summed E-state index contributed by atoms with van der Waals surface area (Å²) in [5.41, 5.74) is 12.3. The maximum Gasteiger partial charge on any atom is -0.00264 e. The summed E-state index contributed by atoms with van der Waals surface area (Å²) in [6.07, 6.45) is 0. The summed E-state index contributed by atoms with van der Waals surface area (Å²) >= 11 is 0. The molecule has 0 aromatic heterocycles. The maximum absolute atomic E-state index is 2.42. The van der Waals surface area contributed by atoms with Crippen LogP contribution in [0.4, 0.5) is 0 Å². The van der Waals surface area contributed by atoms with E-state index in [1.807, 2.05) is 0 Å². The van der Waals surface area contributed by atoms with Gasteiger partial charge in [-0.05, 0) is 157 Å². The summed E-state index contributed by atoms with van der Waals surface area (Å²) in [4.78, 5) is 0. The van der Waals surface area contributed by atoms with Crippen LogP contribution in [0.3, 0.4) is 0 Å². The van der Waals surface area contributed by atoms with E-state index in [-0.39, 0.29) is 0 Å². The summed E-state index contributed by atoms with van der Waals surface area (Å²) < 4.78 is 0. The lowest BCUT2D eigenvalue weighted by atomic mass is 9.87. The van der Waals surface area contributed by atoms with Gasteiger partial charge in [0.05, 0.1) is 0 Å². The third-order valence-corrected chi connectivity index (χ3v) is 12.6. The molecule has 0 bridgehead atoms. The molecule has 0 fully saturated rings. The smallest absolute Gasteiger partial charge is 0.00264 e. The molecule has 0 aliphatic rings. The van der Waals surface area contributed by atoms with Gasteiger partial charge in [0.15, 0.2) is 0 Å². The Labute approximate surface area is 349 Å². The van der Waals surface area contributed by atoms with E-state index in [0.717, 1.165) is 0 Å². The van der Waals surface area contributed by atoms with Crippen molar-refractivity contribution in [2.75, 3.05) is 0 Å². The van der Waals surface area contributed by atoms with Crippen molar-refractivity contribution in [2.24, 2.45) is 0 Å². The minimum atomic E-state index is 1.21. The van der Waals surface area contributed by atoms with Crippen molar-refractivity contribution < 1.29 is 0 Å². The van der Waals surface area contributed by atoms with Crippen molar-refractivity contribution in [3.05, 3.63) is 231 Å². The number of fused-ring (bicyclic) bond motifs is 7. The van der Waals surface area contributed by atoms with E-state index < -0.39 is 0 Å². The zero-order valence-electron chi connectivity index (χ0n) is 32.9. The fourth-order valence-electron chi connectivity index (χ4n) is 9.65. The Morgan fingerprint density at radius 1 is 0.167 bits per heavy atom. The summed E-state index contributed by atoms with van der Waals surface area (Å²) in [7, 11) is 0. The fraction of sp³-hybridized carbons (Fsp3) is 0. The van der Waals surface area contributed by atoms with Gasteiger partial charge in [0, 0.05) is 0 Å². The van der Waals surface area contributed by atoms with E-state index in [2.05, 4.69) is 231 Å². The van der Waals surface area contributed by atoms with Gasteiger partial charge in [-0.1, -0.05) is 194 Å². The second-order valence-corrected chi connectivity index (χ2v) is 16.1. The summed E-state index contributed by atoms with van der Waals surface area (Å²) in [5.74, 6) is 0. The first-order valence-electron chi connectivity index (χ1n) is 20.8. The van der Waals surface area contributed by atoms with E-state index >= 15 is 0 Å². The Morgan fingerprint density at radius 3 is 1.27 bits per heavy atom. The molecule has 0 N–H and O–H groups in total. The summed E-state index contributed by atoms with van der Waals surface area (Å²) in [6, 6.07) is 85.3. The molecule has 0 atom stereocenters. The molecule has 0 aliphatic heterocycles. The van der Waals surface area contributed by atoms with Crippen LogP contribution in [0.25, 0.3) is 120 Å². The lowest BCUT2D eigenvalue weighted by Crippen LogP contribution is -1.90. The number of benzene rings is 12. The van der Waals surface area contributed by atoms with E-state index in [0.29, 0.717) is 0 Å². The van der Waals surface area contributed by atoms with Gasteiger partial charge in [0.25, 0.3) is 0 Å². The highest BCUT2D eigenvalue weighted by Crippen LogP contribution is 2.42. The third-order valence-electron chi connectivity index (χ3n) is 12.6. The van der Waals surface area contributed by atoms with Crippen molar-refractivity contribution in [3.63, 3.8) is 0 Å². The molecule has 12 aromatic rings. The monoisotopic (exact) mass is 758 g/mol. The number of rotatable bonds is 5. The quantitative estimate of drug-likeness (QED) is 0.121. The first-order chi connectivity index (χ1) is 29.7. The molecule has 0 nitrogen and oxygen atoms in total. The second kappa shape index (κ2) is 13.9. The maximum atomic E-state index is 2.42. The zero-order valence-corrected chi connectivity index (χ0v) is 32.9. The second-order valence-electron chi connectivity index (χ2n) is 16.1. The van der Waals surface area contributed by atoms with Crippen LogP contribution in [-0.4, -0.2) is 0 Å². The lowest BCUT2D eigenvalue weighted by Gasteiger charge is -2.16. The van der Waals surface area contributed by atoms with E-state index in [4.69, 9.17) is 0 Å². The van der Waals surface area contributed by atoms with Gasteiger partial charge in [0.2, 0.25) is 0 Å². The molecule has 0 heteroatoms. The molecule has 0 radical (unpaired) electrons. The van der Waals surface area contributed by atoms with Crippen LogP contribution in [0.5, 0.6) is 0 Å². The van der Waals surface area contributed by atoms with Crippen molar-refractivity contribution in [1.29, 1.82) is 0 Å². The molecular formula is C60H38. The van der Waals surface area contributed by atoms with Crippen molar-refractivity contribution >= 4 is 64.6 Å². The highest BCUT2D eigenvalue weighted by molar-refractivity contribution is 6.16. The van der Waals surface area contributed by atoms with Crippen molar-refractivity contribution in [3.8, 4) is 55.6 Å². The topological polar surface area (TPSA) is 0 Å². The Kier molecular flexibility index (Phi) is 7.96. The van der Waals surface area contributed by atoms with Gasteiger partial charge >= 0.3 is 0 Å². The molecule has 0 amide bonds. The normalized spacial score (nSPS) is 11.7. The molecule has 12 rings (SSSR count). The van der Waals surface area contributed by atoms with Gasteiger partial charge in [-0.25, -0.2) is 0 Å². The molecule has 0 unspecified atom stereocenters. The average molecular weight is 759 g/mol. The molecule has 0 saturated heterocycles. The average Bonchev–Trinajstić information content (AvgIpc) is 3.32. The van der Waals surface area contributed by atoms with Crippen LogP contribution in [0.2, 0.25) is 0 Å². The van der Waals surface area contributed by atoms with E-state index in [9.17, 15) is 0 Å². The van der Waals surface area contributed by atoms with Crippen LogP contribution < -0.4 is 0 Å². The molecule has 0 spiro atoms. The Morgan fingerprint density at radius 2 is 0.583 bits per heavy atom. The Hall–Kier alpha value is -7.80. The van der Waals surface area contributed by atoms with E-state index in [1.165, 1.54) is 120 Å². The zero-order chi connectivity index (χ0) is 39.6. The van der Waals surface area contributed by atoms with Gasteiger partial charge < -0.3 is 0 Å². The molecule has 0 heterocycles. The minimum Gasteiger partial charge on any atom is -0.0616 e. The predicted molar refractivity (Wildman–Crippen MR) is 259 cm³/mol. The highest BCUT2D eigenvalue weighted by Gasteiger charge is 2.15. The number of hydrogen-bond donors (Lipinski definition) is 0. The first-order valence-corrected chi connectivity index (χ1v) is 20.8. The van der Waals surface area contributed by atoms with Crippen LogP contribution >= 0.6 is 0 Å². The van der Waals surface area contributed by atoms with Crippen LogP contribution in [0, 0.1) is 0 Å². The van der Waals surface area contributed by atoms with E-state index in [1.54, 1.807) is 0 Å². The first kappa shape index (κ1) is 34.3. The van der Waals surface area contributed by atoms with Crippen molar-refractivity contribution in [2.45, 2.75) is 0 Å². The molecule has 278 valence electrons. The predicted octanol–water partition coefficient (Wildman–Crippen LogP) is 16.9. The van der Waals surface area contributed by atoms with Gasteiger partial charge in [-0.15, -0.1) is 0 Å². The molecule has 0 aliphatic carbocycles. The van der Waals surface area contributed by atoms with Gasteiger partial charge in [-0.2, -0.15) is 0 Å². The third kappa shape index (κ3) is 5.76. The van der Waals surface area contributed by atoms with Crippen molar-refractivity contribution in [1.82, 2.24) is 0 Å². The van der Waals surface area contributed by atoms with Crippen LogP contribution in [0.1, 0.15) is 0 Å².